The molecule has 1 aromatic carbocycles. The number of carbonyl (C=O) groups is 1. The minimum absolute atomic E-state index is 0.0466. The second kappa shape index (κ2) is 5.00. The number of rotatable bonds is 4. The molecule has 2 aromatic rings. The largest absolute Gasteiger partial charge is 0.396 e. The molecule has 94 valence electrons. The Kier molecular flexibility index (Phi) is 3.41. The number of benzene rings is 1. The number of carbonyl (C=O) groups excluding carboxylic acids is 1. The molecule has 0 unspecified atom stereocenters. The first-order valence-corrected chi connectivity index (χ1v) is 5.69. The average molecular weight is 247 g/mol. The van der Waals surface area contributed by atoms with Crippen LogP contribution in [0, 0.1) is 5.82 Å². The smallest absolute Gasteiger partial charge is 0.167 e. The van der Waals surface area contributed by atoms with Gasteiger partial charge < -0.3 is 5.73 Å². The van der Waals surface area contributed by atoms with E-state index in [0.29, 0.717) is 5.56 Å². The van der Waals surface area contributed by atoms with Crippen molar-refractivity contribution in [3.63, 3.8) is 0 Å². The van der Waals surface area contributed by atoms with Crippen LogP contribution in [0.25, 0.3) is 0 Å². The molecule has 2 rings (SSSR count). The Morgan fingerprint density at radius 1 is 1.50 bits per heavy atom. The van der Waals surface area contributed by atoms with E-state index in [0.717, 1.165) is 12.1 Å². The molecule has 18 heavy (non-hydrogen) atoms. The van der Waals surface area contributed by atoms with Crippen LogP contribution in [-0.4, -0.2) is 15.6 Å². The first-order chi connectivity index (χ1) is 8.60. The zero-order valence-electron chi connectivity index (χ0n) is 10.1. The monoisotopic (exact) mass is 247 g/mol. The molecule has 1 aromatic heterocycles. The van der Waals surface area contributed by atoms with Crippen LogP contribution in [0.4, 0.5) is 10.1 Å². The molecule has 0 aliphatic carbocycles. The zero-order chi connectivity index (χ0) is 13.1. The van der Waals surface area contributed by atoms with E-state index in [1.165, 1.54) is 18.2 Å². The van der Waals surface area contributed by atoms with Gasteiger partial charge in [-0.05, 0) is 30.7 Å². The number of Topliss-reactive ketones (excluding diaryl/α,β-unsaturated/α-hetero) is 1. The Hall–Kier alpha value is -2.17. The molecule has 0 radical (unpaired) electrons. The van der Waals surface area contributed by atoms with Crippen molar-refractivity contribution in [2.24, 2.45) is 0 Å². The molecule has 0 bridgehead atoms. The number of anilines is 1. The maximum Gasteiger partial charge on any atom is 0.167 e. The lowest BCUT2D eigenvalue weighted by Gasteiger charge is -2.01. The van der Waals surface area contributed by atoms with Crippen molar-refractivity contribution in [3.05, 3.63) is 47.5 Å². The number of hydrogen-bond acceptors (Lipinski definition) is 3. The van der Waals surface area contributed by atoms with Crippen molar-refractivity contribution in [2.45, 2.75) is 19.9 Å². The SMILES string of the molecule is CCn1cc(CC(=O)c2ccc(N)c(F)c2)cn1. The van der Waals surface area contributed by atoms with Gasteiger partial charge >= 0.3 is 0 Å². The Balaban J connectivity index is 2.14. The summed E-state index contributed by atoms with van der Waals surface area (Å²) in [7, 11) is 0. The minimum atomic E-state index is -0.565. The van der Waals surface area contributed by atoms with Gasteiger partial charge in [-0.15, -0.1) is 0 Å². The minimum Gasteiger partial charge on any atom is -0.396 e. The third-order valence-corrected chi connectivity index (χ3v) is 2.70. The van der Waals surface area contributed by atoms with Crippen LogP contribution in [0.2, 0.25) is 0 Å². The summed E-state index contributed by atoms with van der Waals surface area (Å²) in [4.78, 5) is 11.9. The van der Waals surface area contributed by atoms with E-state index < -0.39 is 5.82 Å². The number of nitrogen functional groups attached to an aromatic ring is 1. The summed E-state index contributed by atoms with van der Waals surface area (Å²) in [5, 5.41) is 4.08. The van der Waals surface area contributed by atoms with Crippen LogP contribution in [0.15, 0.2) is 30.6 Å². The molecule has 0 amide bonds. The second-order valence-corrected chi connectivity index (χ2v) is 4.04. The van der Waals surface area contributed by atoms with Crippen LogP contribution in [0.3, 0.4) is 0 Å². The summed E-state index contributed by atoms with van der Waals surface area (Å²) in [5.41, 5.74) is 6.55. The van der Waals surface area contributed by atoms with Gasteiger partial charge in [-0.3, -0.25) is 9.48 Å². The normalized spacial score (nSPS) is 10.6. The standard InChI is InChI=1S/C13H14FN3O/c1-2-17-8-9(7-16-17)5-13(18)10-3-4-12(15)11(14)6-10/h3-4,6-8H,2,5,15H2,1H3. The van der Waals surface area contributed by atoms with Gasteiger partial charge in [0.1, 0.15) is 5.82 Å². The number of nitrogens with zero attached hydrogens (tertiary/aromatic N) is 2. The molecular weight excluding hydrogens is 233 g/mol. The molecule has 0 fully saturated rings. The number of nitrogens with two attached hydrogens (primary N) is 1. The van der Waals surface area contributed by atoms with Crippen molar-refractivity contribution in [3.8, 4) is 0 Å². The Morgan fingerprint density at radius 2 is 2.28 bits per heavy atom. The predicted octanol–water partition coefficient (Wildman–Crippen LogP) is 2.05. The molecule has 0 saturated heterocycles. The number of aryl methyl sites for hydroxylation is 1. The fourth-order valence-electron chi connectivity index (χ4n) is 1.66. The molecule has 0 aliphatic heterocycles. The molecule has 4 nitrogen and oxygen atoms in total. The first kappa shape index (κ1) is 12.3. The molecule has 0 aliphatic rings. The Morgan fingerprint density at radius 3 is 2.89 bits per heavy atom. The van der Waals surface area contributed by atoms with Gasteiger partial charge in [0, 0.05) is 24.7 Å². The Bertz CT molecular complexity index is 577. The van der Waals surface area contributed by atoms with E-state index in [1.807, 2.05) is 13.1 Å². The molecule has 1 heterocycles. The van der Waals surface area contributed by atoms with Crippen LogP contribution in [0.1, 0.15) is 22.8 Å². The van der Waals surface area contributed by atoms with Gasteiger partial charge in [0.05, 0.1) is 11.9 Å². The van der Waals surface area contributed by atoms with Crippen molar-refractivity contribution in [2.75, 3.05) is 5.73 Å². The fraction of sp³-hybridized carbons (Fsp3) is 0.231. The molecule has 0 spiro atoms. The highest BCUT2D eigenvalue weighted by Crippen LogP contribution is 2.14. The predicted molar refractivity (Wildman–Crippen MR) is 66.7 cm³/mol. The lowest BCUT2D eigenvalue weighted by molar-refractivity contribution is 0.0992. The summed E-state index contributed by atoms with van der Waals surface area (Å²) in [5.74, 6) is -0.713. The lowest BCUT2D eigenvalue weighted by atomic mass is 10.0. The van der Waals surface area contributed by atoms with Gasteiger partial charge in [0.25, 0.3) is 0 Å². The van der Waals surface area contributed by atoms with E-state index in [1.54, 1.807) is 10.9 Å². The van der Waals surface area contributed by atoms with Gasteiger partial charge in [0.2, 0.25) is 0 Å². The van der Waals surface area contributed by atoms with Gasteiger partial charge in [-0.2, -0.15) is 5.10 Å². The maximum atomic E-state index is 13.2. The van der Waals surface area contributed by atoms with Crippen molar-refractivity contribution < 1.29 is 9.18 Å². The number of halogens is 1. The molecule has 0 saturated carbocycles. The van der Waals surface area contributed by atoms with E-state index in [2.05, 4.69) is 5.10 Å². The summed E-state index contributed by atoms with van der Waals surface area (Å²) in [6.07, 6.45) is 3.67. The maximum absolute atomic E-state index is 13.2. The number of hydrogen-bond donors (Lipinski definition) is 1. The third-order valence-electron chi connectivity index (χ3n) is 2.70. The summed E-state index contributed by atoms with van der Waals surface area (Å²) < 4.78 is 15.0. The second-order valence-electron chi connectivity index (χ2n) is 4.04. The van der Waals surface area contributed by atoms with E-state index in [4.69, 9.17) is 5.73 Å². The molecule has 2 N–H and O–H groups in total. The fourth-order valence-corrected chi connectivity index (χ4v) is 1.66. The van der Waals surface area contributed by atoms with Crippen LogP contribution >= 0.6 is 0 Å². The van der Waals surface area contributed by atoms with Crippen molar-refractivity contribution >= 4 is 11.5 Å². The highest BCUT2D eigenvalue weighted by Gasteiger charge is 2.10. The van der Waals surface area contributed by atoms with E-state index in [9.17, 15) is 9.18 Å². The highest BCUT2D eigenvalue weighted by atomic mass is 19.1. The van der Waals surface area contributed by atoms with Crippen molar-refractivity contribution in [1.29, 1.82) is 0 Å². The molecular formula is C13H14FN3O. The van der Waals surface area contributed by atoms with Gasteiger partial charge in [-0.1, -0.05) is 0 Å². The third kappa shape index (κ3) is 2.56. The topological polar surface area (TPSA) is 60.9 Å². The highest BCUT2D eigenvalue weighted by molar-refractivity contribution is 5.97. The van der Waals surface area contributed by atoms with Crippen LogP contribution < -0.4 is 5.73 Å². The van der Waals surface area contributed by atoms with Crippen molar-refractivity contribution in [1.82, 2.24) is 9.78 Å². The zero-order valence-corrected chi connectivity index (χ0v) is 10.1. The summed E-state index contributed by atoms with van der Waals surface area (Å²) >= 11 is 0. The number of aromatic nitrogens is 2. The quantitative estimate of drug-likeness (QED) is 0.664. The Labute approximate surface area is 104 Å². The summed E-state index contributed by atoms with van der Waals surface area (Å²) in [6.45, 7) is 2.72. The lowest BCUT2D eigenvalue weighted by Crippen LogP contribution is -2.04. The summed E-state index contributed by atoms with van der Waals surface area (Å²) in [6, 6.07) is 4.10. The average Bonchev–Trinajstić information content (AvgIpc) is 2.80. The number of ketones is 1. The van der Waals surface area contributed by atoms with Crippen LogP contribution in [-0.2, 0) is 13.0 Å². The molecule has 5 heteroatoms. The van der Waals surface area contributed by atoms with Gasteiger partial charge in [0.15, 0.2) is 5.78 Å². The van der Waals surface area contributed by atoms with E-state index in [-0.39, 0.29) is 17.9 Å². The van der Waals surface area contributed by atoms with Gasteiger partial charge in [-0.25, -0.2) is 4.39 Å². The molecule has 0 atom stereocenters. The van der Waals surface area contributed by atoms with E-state index >= 15 is 0 Å². The first-order valence-electron chi connectivity index (χ1n) is 5.69. The van der Waals surface area contributed by atoms with Crippen LogP contribution in [0.5, 0.6) is 0 Å².